The highest BCUT2D eigenvalue weighted by molar-refractivity contribution is 8.02. The van der Waals surface area contributed by atoms with E-state index in [1.54, 1.807) is 11.3 Å². The Morgan fingerprint density at radius 3 is 2.73 bits per heavy atom. The van der Waals surface area contributed by atoms with Gasteiger partial charge in [0.05, 0.1) is 16.8 Å². The maximum absolute atomic E-state index is 13.0. The molecule has 4 nitrogen and oxygen atoms in total. The van der Waals surface area contributed by atoms with Gasteiger partial charge in [0.1, 0.15) is 4.75 Å². The summed E-state index contributed by atoms with van der Waals surface area (Å²) >= 11 is 3.06. The van der Waals surface area contributed by atoms with Crippen LogP contribution in [-0.4, -0.2) is 29.1 Å². The quantitative estimate of drug-likeness (QED) is 0.628. The molecule has 1 atom stereocenters. The lowest BCUT2D eigenvalue weighted by Crippen LogP contribution is -2.41. The summed E-state index contributed by atoms with van der Waals surface area (Å²) in [5, 5.41) is 11.9. The molecule has 1 unspecified atom stereocenters. The van der Waals surface area contributed by atoms with Crippen LogP contribution in [0.5, 0.6) is 0 Å². The molecule has 1 amide bonds. The zero-order valence-electron chi connectivity index (χ0n) is 15.1. The van der Waals surface area contributed by atoms with Crippen molar-refractivity contribution in [2.24, 2.45) is 0 Å². The molecule has 3 aromatic rings. The first kappa shape index (κ1) is 18.9. The molecule has 1 heterocycles. The molecule has 1 aromatic heterocycles. The third-order valence-electron chi connectivity index (χ3n) is 4.51. The summed E-state index contributed by atoms with van der Waals surface area (Å²) < 4.78 is 1.13. The number of nitrogens with one attached hydrogen (secondary N) is 1. The molecule has 136 valence electrons. The Kier molecular flexibility index (Phi) is 5.65. The average molecular weight is 387 g/mol. The van der Waals surface area contributed by atoms with Crippen molar-refractivity contribution in [2.45, 2.75) is 29.9 Å². The van der Waals surface area contributed by atoms with E-state index in [4.69, 9.17) is 10.1 Å². The van der Waals surface area contributed by atoms with Crippen LogP contribution in [0.2, 0.25) is 0 Å². The van der Waals surface area contributed by atoms with Crippen molar-refractivity contribution in [2.75, 3.05) is 13.2 Å². The van der Waals surface area contributed by atoms with Crippen LogP contribution in [-0.2, 0) is 9.54 Å². The van der Waals surface area contributed by atoms with Gasteiger partial charge in [0.2, 0.25) is 5.91 Å². The van der Waals surface area contributed by atoms with Crippen LogP contribution in [0.25, 0.3) is 10.2 Å². The Balaban J connectivity index is 2.04. The minimum Gasteiger partial charge on any atom is -0.395 e. The number of carbonyl (C=O) groups is 1. The van der Waals surface area contributed by atoms with Gasteiger partial charge in [-0.15, -0.1) is 11.3 Å². The molecule has 6 heteroatoms. The molecule has 0 aliphatic rings. The fraction of sp³-hybridized carbons (Fsp3) is 0.300. The van der Waals surface area contributed by atoms with E-state index in [1.807, 2.05) is 63.2 Å². The number of rotatable bonds is 6. The van der Waals surface area contributed by atoms with E-state index >= 15 is 0 Å². The number of aryl methyl sites for hydroxylation is 1. The Hall–Kier alpha value is -1.89. The van der Waals surface area contributed by atoms with E-state index in [1.165, 1.54) is 11.8 Å². The number of aliphatic hydroxyl groups excluding tert-OH is 1. The second-order valence-corrected chi connectivity index (χ2v) is 9.01. The molecule has 2 aromatic carbocycles. The number of aliphatic hydroxyl groups is 1. The third kappa shape index (κ3) is 3.63. The Bertz CT molecular complexity index is 905. The maximum Gasteiger partial charge on any atom is 0.241 e. The fourth-order valence-corrected chi connectivity index (χ4v) is 5.52. The van der Waals surface area contributed by atoms with E-state index in [0.717, 1.165) is 31.2 Å². The van der Waals surface area contributed by atoms with Gasteiger partial charge in [-0.1, -0.05) is 42.1 Å². The molecule has 0 radical (unpaired) electrons. The van der Waals surface area contributed by atoms with Crippen LogP contribution in [0.3, 0.4) is 0 Å². The number of aromatic nitrogens is 1. The standard InChI is InChI=1S/C20H22N2O2S2/c1-13-7-6-8-15(14(13)2)20(3,18(24)21-11-12-23)26-19-22-16-9-4-5-10-17(16)25-19/h4-10,23H,11-12H2,1-3H3,(H,21,24). The Labute approximate surface area is 161 Å². The minimum absolute atomic E-state index is 0.0829. The first-order chi connectivity index (χ1) is 12.5. The van der Waals surface area contributed by atoms with Crippen LogP contribution in [0, 0.1) is 13.8 Å². The van der Waals surface area contributed by atoms with Crippen molar-refractivity contribution in [1.29, 1.82) is 0 Å². The van der Waals surface area contributed by atoms with Gasteiger partial charge >= 0.3 is 0 Å². The van der Waals surface area contributed by atoms with Crippen LogP contribution in [0.4, 0.5) is 0 Å². The zero-order valence-corrected chi connectivity index (χ0v) is 16.7. The van der Waals surface area contributed by atoms with Crippen LogP contribution in [0.1, 0.15) is 23.6 Å². The highest BCUT2D eigenvalue weighted by Crippen LogP contribution is 2.45. The van der Waals surface area contributed by atoms with Gasteiger partial charge in [0, 0.05) is 6.54 Å². The predicted molar refractivity (Wildman–Crippen MR) is 109 cm³/mol. The summed E-state index contributed by atoms with van der Waals surface area (Å²) in [7, 11) is 0. The predicted octanol–water partition coefficient (Wildman–Crippen LogP) is 4.03. The van der Waals surface area contributed by atoms with Crippen molar-refractivity contribution in [3.05, 3.63) is 59.2 Å². The van der Waals surface area contributed by atoms with E-state index < -0.39 is 4.75 Å². The lowest BCUT2D eigenvalue weighted by atomic mass is 9.92. The van der Waals surface area contributed by atoms with Gasteiger partial charge in [-0.2, -0.15) is 0 Å². The number of para-hydroxylation sites is 1. The number of nitrogens with zero attached hydrogens (tertiary/aromatic N) is 1. The molecule has 0 fully saturated rings. The lowest BCUT2D eigenvalue weighted by Gasteiger charge is -2.29. The monoisotopic (exact) mass is 386 g/mol. The molecule has 2 N–H and O–H groups in total. The van der Waals surface area contributed by atoms with E-state index in [2.05, 4.69) is 5.32 Å². The summed E-state index contributed by atoms with van der Waals surface area (Å²) in [6.45, 7) is 6.17. The molecule has 0 saturated carbocycles. The highest BCUT2D eigenvalue weighted by Gasteiger charge is 2.38. The Morgan fingerprint density at radius 2 is 2.00 bits per heavy atom. The summed E-state index contributed by atoms with van der Waals surface area (Å²) in [6, 6.07) is 14.0. The number of thiazole rings is 1. The summed E-state index contributed by atoms with van der Waals surface area (Å²) in [5.74, 6) is -0.121. The van der Waals surface area contributed by atoms with E-state index in [9.17, 15) is 4.79 Å². The molecule has 3 rings (SSSR count). The first-order valence-electron chi connectivity index (χ1n) is 8.46. The molecule has 0 aliphatic heterocycles. The van der Waals surface area contributed by atoms with Gasteiger partial charge in [0.15, 0.2) is 4.34 Å². The first-order valence-corrected chi connectivity index (χ1v) is 10.1. The number of hydrogen-bond donors (Lipinski definition) is 2. The van der Waals surface area contributed by atoms with Crippen LogP contribution < -0.4 is 5.32 Å². The molecule has 0 aliphatic carbocycles. The average Bonchev–Trinajstić information content (AvgIpc) is 3.03. The number of benzene rings is 2. The summed E-state index contributed by atoms with van der Waals surface area (Å²) in [6.07, 6.45) is 0. The highest BCUT2D eigenvalue weighted by atomic mass is 32.2. The SMILES string of the molecule is Cc1cccc(C(C)(Sc2nc3ccccc3s2)C(=O)NCCO)c1C. The molecular formula is C20H22N2O2S2. The van der Waals surface area contributed by atoms with E-state index in [0.29, 0.717) is 0 Å². The van der Waals surface area contributed by atoms with E-state index in [-0.39, 0.29) is 19.1 Å². The second kappa shape index (κ2) is 7.78. The van der Waals surface area contributed by atoms with Crippen molar-refractivity contribution >= 4 is 39.2 Å². The fourth-order valence-electron chi connectivity index (χ4n) is 2.90. The van der Waals surface area contributed by atoms with Gasteiger partial charge in [-0.3, -0.25) is 4.79 Å². The second-order valence-electron chi connectivity index (χ2n) is 6.31. The third-order valence-corrected chi connectivity index (χ3v) is 6.93. The van der Waals surface area contributed by atoms with Crippen LogP contribution in [0.15, 0.2) is 46.8 Å². The van der Waals surface area contributed by atoms with Crippen molar-refractivity contribution in [1.82, 2.24) is 10.3 Å². The number of carbonyl (C=O) groups excluding carboxylic acids is 1. The summed E-state index contributed by atoms with van der Waals surface area (Å²) in [4.78, 5) is 17.7. The number of amides is 1. The molecular weight excluding hydrogens is 364 g/mol. The molecule has 0 saturated heterocycles. The summed E-state index contributed by atoms with van der Waals surface area (Å²) in [5.41, 5.74) is 4.16. The minimum atomic E-state index is -0.834. The molecule has 0 spiro atoms. The molecule has 26 heavy (non-hydrogen) atoms. The largest absolute Gasteiger partial charge is 0.395 e. The van der Waals surface area contributed by atoms with Gasteiger partial charge in [0.25, 0.3) is 0 Å². The van der Waals surface area contributed by atoms with Crippen molar-refractivity contribution < 1.29 is 9.90 Å². The number of fused-ring (bicyclic) bond motifs is 1. The normalized spacial score (nSPS) is 13.5. The van der Waals surface area contributed by atoms with Gasteiger partial charge in [-0.05, 0) is 49.6 Å². The smallest absolute Gasteiger partial charge is 0.241 e. The van der Waals surface area contributed by atoms with Crippen molar-refractivity contribution in [3.63, 3.8) is 0 Å². The zero-order chi connectivity index (χ0) is 18.7. The maximum atomic E-state index is 13.0. The topological polar surface area (TPSA) is 62.2 Å². The lowest BCUT2D eigenvalue weighted by molar-refractivity contribution is -0.123. The van der Waals surface area contributed by atoms with Crippen LogP contribution >= 0.6 is 23.1 Å². The van der Waals surface area contributed by atoms with Gasteiger partial charge < -0.3 is 10.4 Å². The molecule has 0 bridgehead atoms. The number of hydrogen-bond acceptors (Lipinski definition) is 5. The Morgan fingerprint density at radius 1 is 1.23 bits per heavy atom. The van der Waals surface area contributed by atoms with Crippen molar-refractivity contribution in [3.8, 4) is 0 Å². The number of thioether (sulfide) groups is 1. The van der Waals surface area contributed by atoms with Gasteiger partial charge in [-0.25, -0.2) is 4.98 Å².